The first-order valence-corrected chi connectivity index (χ1v) is 16.5. The number of hydrogen-bond donors (Lipinski definition) is 1. The van der Waals surface area contributed by atoms with E-state index in [2.05, 4.69) is 140 Å². The zero-order valence-electron chi connectivity index (χ0n) is 27.7. The molecule has 240 valence electrons. The molecule has 0 fully saturated rings. The van der Waals surface area contributed by atoms with Crippen LogP contribution >= 0.6 is 0 Å². The van der Waals surface area contributed by atoms with E-state index in [0.717, 1.165) is 24.4 Å². The maximum absolute atomic E-state index is 11.4. The lowest BCUT2D eigenvalue weighted by molar-refractivity contribution is -0.438. The zero-order chi connectivity index (χ0) is 33.2. The minimum absolute atomic E-state index is 0.134. The number of ether oxygens (including phenoxy) is 1. The molecule has 2 aliphatic heterocycles. The van der Waals surface area contributed by atoms with Crippen molar-refractivity contribution >= 4 is 51.1 Å². The third kappa shape index (κ3) is 5.89. The molecule has 0 spiro atoms. The van der Waals surface area contributed by atoms with Crippen molar-refractivity contribution < 1.29 is 24.0 Å². The van der Waals surface area contributed by atoms with E-state index in [-0.39, 0.29) is 17.3 Å². The van der Waals surface area contributed by atoms with Crippen molar-refractivity contribution in [3.05, 3.63) is 120 Å². The number of carboxylic acids is 1. The Morgan fingerprint density at radius 1 is 0.830 bits per heavy atom. The first kappa shape index (κ1) is 32.0. The van der Waals surface area contributed by atoms with Gasteiger partial charge in [0.1, 0.15) is 0 Å². The maximum Gasteiger partial charge on any atom is 0.303 e. The summed E-state index contributed by atoms with van der Waals surface area (Å²) in [4.78, 5) is 24.5. The largest absolute Gasteiger partial charge is 0.481 e. The molecule has 0 atom stereocenters. The van der Waals surface area contributed by atoms with Gasteiger partial charge in [0.25, 0.3) is 6.47 Å². The van der Waals surface area contributed by atoms with Gasteiger partial charge in [-0.1, -0.05) is 86.7 Å². The van der Waals surface area contributed by atoms with Crippen LogP contribution in [0.3, 0.4) is 0 Å². The van der Waals surface area contributed by atoms with E-state index >= 15 is 0 Å². The molecule has 47 heavy (non-hydrogen) atoms. The molecule has 0 saturated heterocycles. The number of hydrogen-bond acceptors (Lipinski definition) is 4. The molecule has 6 nitrogen and oxygen atoms in total. The van der Waals surface area contributed by atoms with Crippen LogP contribution in [-0.2, 0) is 25.2 Å². The van der Waals surface area contributed by atoms with Crippen molar-refractivity contribution in [3.63, 3.8) is 0 Å². The van der Waals surface area contributed by atoms with Crippen LogP contribution in [0, 0.1) is 0 Å². The molecule has 2 heterocycles. The molecule has 2 aliphatic rings. The Bertz CT molecular complexity index is 1980. The fraction of sp³-hybridized carbons (Fsp3) is 0.293. The number of carbonyl (C=O) groups excluding carboxylic acids is 1. The van der Waals surface area contributed by atoms with E-state index < -0.39 is 5.97 Å². The molecule has 0 radical (unpaired) electrons. The smallest absolute Gasteiger partial charge is 0.303 e. The molecular formula is C41H43N2O4+. The maximum atomic E-state index is 11.4. The van der Waals surface area contributed by atoms with E-state index in [4.69, 9.17) is 4.74 Å². The molecule has 6 rings (SSSR count). The van der Waals surface area contributed by atoms with Gasteiger partial charge >= 0.3 is 5.97 Å². The fourth-order valence-electron chi connectivity index (χ4n) is 7.65. The lowest BCUT2D eigenvalue weighted by Crippen LogP contribution is -2.28. The van der Waals surface area contributed by atoms with Gasteiger partial charge in [0, 0.05) is 53.9 Å². The second-order valence-corrected chi connectivity index (χ2v) is 13.4. The minimum Gasteiger partial charge on any atom is -0.481 e. The normalized spacial score (nSPS) is 17.4. The van der Waals surface area contributed by atoms with E-state index in [1.807, 2.05) is 0 Å². The third-order valence-corrected chi connectivity index (χ3v) is 9.72. The number of fused-ring (bicyclic) bond motifs is 6. The molecule has 0 bridgehead atoms. The summed E-state index contributed by atoms with van der Waals surface area (Å²) in [5, 5.41) is 14.3. The Kier molecular flexibility index (Phi) is 8.87. The summed E-state index contributed by atoms with van der Waals surface area (Å²) in [6, 6.07) is 25.8. The minimum atomic E-state index is -0.773. The molecule has 0 amide bonds. The Morgan fingerprint density at radius 2 is 1.51 bits per heavy atom. The molecular weight excluding hydrogens is 584 g/mol. The highest BCUT2D eigenvalue weighted by atomic mass is 16.5. The quantitative estimate of drug-likeness (QED) is 0.0737. The highest BCUT2D eigenvalue weighted by molar-refractivity contribution is 6.07. The van der Waals surface area contributed by atoms with Crippen LogP contribution in [0.25, 0.3) is 21.5 Å². The number of carbonyl (C=O) groups is 2. The van der Waals surface area contributed by atoms with Gasteiger partial charge in [-0.3, -0.25) is 9.59 Å². The molecule has 4 aromatic carbocycles. The van der Waals surface area contributed by atoms with E-state index in [1.165, 1.54) is 44.1 Å². The van der Waals surface area contributed by atoms with Gasteiger partial charge < -0.3 is 14.7 Å². The Balaban J connectivity index is 1.34. The van der Waals surface area contributed by atoms with Gasteiger partial charge in [-0.25, -0.2) is 0 Å². The van der Waals surface area contributed by atoms with Crippen LogP contribution in [0.1, 0.15) is 58.1 Å². The van der Waals surface area contributed by atoms with Gasteiger partial charge in [0.15, 0.2) is 12.3 Å². The first-order chi connectivity index (χ1) is 22.7. The van der Waals surface area contributed by atoms with Crippen LogP contribution in [0.5, 0.6) is 0 Å². The van der Waals surface area contributed by atoms with Gasteiger partial charge in [-0.15, -0.1) is 0 Å². The van der Waals surface area contributed by atoms with E-state index in [1.54, 1.807) is 0 Å². The lowest BCUT2D eigenvalue weighted by atomic mass is 9.79. The number of aliphatic carboxylic acids is 1. The molecule has 0 aliphatic carbocycles. The average molecular weight is 628 g/mol. The zero-order valence-corrected chi connectivity index (χ0v) is 27.7. The first-order valence-electron chi connectivity index (χ1n) is 16.5. The van der Waals surface area contributed by atoms with Gasteiger partial charge in [-0.2, -0.15) is 4.58 Å². The van der Waals surface area contributed by atoms with Crippen LogP contribution in [0.2, 0.25) is 0 Å². The summed E-state index contributed by atoms with van der Waals surface area (Å²) < 4.78 is 7.39. The summed E-state index contributed by atoms with van der Waals surface area (Å²) in [5.41, 5.74) is 6.79. The van der Waals surface area contributed by atoms with Crippen LogP contribution in [0.4, 0.5) is 11.4 Å². The summed E-state index contributed by atoms with van der Waals surface area (Å²) >= 11 is 0. The average Bonchev–Trinajstić information content (AvgIpc) is 3.41. The van der Waals surface area contributed by atoms with Crippen molar-refractivity contribution in [2.24, 2.45) is 0 Å². The topological polar surface area (TPSA) is 69.8 Å². The van der Waals surface area contributed by atoms with Crippen LogP contribution in [-0.4, -0.2) is 47.5 Å². The van der Waals surface area contributed by atoms with Gasteiger partial charge in [0.05, 0.1) is 12.0 Å². The number of nitrogens with zero attached hydrogens (tertiary/aromatic N) is 2. The number of anilines is 1. The van der Waals surface area contributed by atoms with E-state index in [0.29, 0.717) is 26.0 Å². The highest BCUT2D eigenvalue weighted by Gasteiger charge is 2.45. The fourth-order valence-corrected chi connectivity index (χ4v) is 7.65. The number of benzene rings is 4. The Hall–Kier alpha value is -4.97. The summed E-state index contributed by atoms with van der Waals surface area (Å²) in [6.07, 6.45) is 12.1. The summed E-state index contributed by atoms with van der Waals surface area (Å²) in [7, 11) is 0. The molecule has 1 N–H and O–H groups in total. The molecule has 0 aromatic heterocycles. The van der Waals surface area contributed by atoms with Gasteiger partial charge in [0.2, 0.25) is 5.69 Å². The van der Waals surface area contributed by atoms with Crippen molar-refractivity contribution in [2.75, 3.05) is 24.6 Å². The lowest BCUT2D eigenvalue weighted by Gasteiger charge is -2.27. The predicted molar refractivity (Wildman–Crippen MR) is 191 cm³/mol. The molecule has 6 heteroatoms. The second kappa shape index (κ2) is 13.0. The number of carboxylic acid groups (broad SMARTS) is 1. The van der Waals surface area contributed by atoms with Crippen LogP contribution in [0.15, 0.2) is 109 Å². The highest BCUT2D eigenvalue weighted by Crippen LogP contribution is 2.51. The summed E-state index contributed by atoms with van der Waals surface area (Å²) in [6.45, 7) is 11.3. The number of allylic oxidation sites excluding steroid dienone is 6. The Labute approximate surface area is 277 Å². The van der Waals surface area contributed by atoms with Crippen molar-refractivity contribution in [2.45, 2.75) is 57.8 Å². The predicted octanol–water partition coefficient (Wildman–Crippen LogP) is 8.59. The van der Waals surface area contributed by atoms with E-state index in [9.17, 15) is 14.7 Å². The monoisotopic (exact) mass is 627 g/mol. The second-order valence-electron chi connectivity index (χ2n) is 13.4. The third-order valence-electron chi connectivity index (χ3n) is 9.72. The SMILES string of the molecule is CC1(C)C(/C=C/C=C/C=C2/N(CCCC(=O)O)c3ccc4ccccc4c3C2(C)C)=[N+](CCCOC=O)c2ccc3ccccc3c21. The van der Waals surface area contributed by atoms with Gasteiger partial charge in [-0.05, 0) is 65.6 Å². The molecule has 0 saturated carbocycles. The van der Waals surface area contributed by atoms with Crippen molar-refractivity contribution in [3.8, 4) is 0 Å². The molecule has 4 aromatic rings. The van der Waals surface area contributed by atoms with Crippen molar-refractivity contribution in [1.82, 2.24) is 0 Å². The van der Waals surface area contributed by atoms with Crippen molar-refractivity contribution in [1.29, 1.82) is 0 Å². The standard InChI is InChI=1S/C41H42N2O4/c1-40(2)35(42(25-12-20-37(45)46)33-23-21-29-14-8-10-16-31(29)38(33)40)18-6-5-7-19-36-41(3,4)39-32-17-11-9-15-30(32)22-24-34(39)43(36)26-13-27-47-28-44/h5-11,14-19,21-24,28H,12-13,20,25-27H2,1-4H3/p+1. The van der Waals surface area contributed by atoms with Crippen LogP contribution < -0.4 is 4.90 Å². The molecule has 0 unspecified atom stereocenters. The number of rotatable bonds is 12. The Morgan fingerprint density at radius 3 is 2.21 bits per heavy atom. The summed E-state index contributed by atoms with van der Waals surface area (Å²) in [5.74, 6) is -0.773.